The second-order valence-electron chi connectivity index (χ2n) is 7.65. The van der Waals surface area contributed by atoms with Crippen molar-refractivity contribution in [3.05, 3.63) is 66.1 Å². The molecule has 1 amide bonds. The fourth-order valence-electron chi connectivity index (χ4n) is 3.99. The molecule has 3 aromatic rings. The smallest absolute Gasteiger partial charge is 0.313 e. The predicted molar refractivity (Wildman–Crippen MR) is 113 cm³/mol. The molecule has 0 spiro atoms. The molecule has 0 radical (unpaired) electrons. The van der Waals surface area contributed by atoms with Gasteiger partial charge in [0.2, 0.25) is 0 Å². The van der Waals surface area contributed by atoms with E-state index in [0.29, 0.717) is 19.5 Å². The van der Waals surface area contributed by atoms with Crippen LogP contribution in [0, 0.1) is 0 Å². The van der Waals surface area contributed by atoms with Crippen LogP contribution in [0.5, 0.6) is 0 Å². The summed E-state index contributed by atoms with van der Waals surface area (Å²) in [5.41, 5.74) is 2.57. The highest BCUT2D eigenvalue weighted by molar-refractivity contribution is 5.83. The zero-order valence-electron chi connectivity index (χ0n) is 17.1. The molecule has 0 saturated carbocycles. The van der Waals surface area contributed by atoms with Gasteiger partial charge >= 0.3 is 5.97 Å². The van der Waals surface area contributed by atoms with Gasteiger partial charge in [-0.05, 0) is 37.0 Å². The highest BCUT2D eigenvalue weighted by atomic mass is 16.5. The first kappa shape index (κ1) is 20.1. The van der Waals surface area contributed by atoms with Crippen LogP contribution in [-0.4, -0.2) is 41.5 Å². The van der Waals surface area contributed by atoms with Crippen molar-refractivity contribution >= 4 is 23.0 Å². The summed E-state index contributed by atoms with van der Waals surface area (Å²) in [4.78, 5) is 31.4. The second-order valence-corrected chi connectivity index (χ2v) is 7.65. The number of hydrogen-bond acceptors (Lipinski definition) is 5. The number of fused-ring (bicyclic) bond motifs is 1. The molecular formula is C24H26N2O4. The van der Waals surface area contributed by atoms with Gasteiger partial charge in [-0.1, -0.05) is 49.4 Å². The lowest BCUT2D eigenvalue weighted by Gasteiger charge is -2.30. The van der Waals surface area contributed by atoms with Crippen LogP contribution in [0.2, 0.25) is 0 Å². The fraction of sp³-hybridized carbons (Fsp3) is 0.375. The average Bonchev–Trinajstić information content (AvgIpc) is 3.23. The number of benzene rings is 2. The Balaban J connectivity index is 1.28. The zero-order chi connectivity index (χ0) is 20.9. The SMILES string of the molecule is CC[C@@H](C(=O)OCC(=O)N1CCC(c2nc3ccccc3o2)CC1)c1ccccc1. The molecule has 1 saturated heterocycles. The summed E-state index contributed by atoms with van der Waals surface area (Å²) < 4.78 is 11.2. The van der Waals surface area contributed by atoms with E-state index in [9.17, 15) is 9.59 Å². The highest BCUT2D eigenvalue weighted by Crippen LogP contribution is 2.30. The standard InChI is InChI=1S/C24H26N2O4/c1-2-19(17-8-4-3-5-9-17)24(28)29-16-22(27)26-14-12-18(13-15-26)23-25-20-10-6-7-11-21(20)30-23/h3-11,18-19H,2,12-16H2,1H3/t19-/m1/s1. The average molecular weight is 406 g/mol. The third kappa shape index (κ3) is 4.37. The van der Waals surface area contributed by atoms with Crippen LogP contribution < -0.4 is 0 Å². The summed E-state index contributed by atoms with van der Waals surface area (Å²) in [6.07, 6.45) is 2.20. The summed E-state index contributed by atoms with van der Waals surface area (Å²) in [6.45, 7) is 2.94. The van der Waals surface area contributed by atoms with Gasteiger partial charge in [0.25, 0.3) is 5.91 Å². The molecule has 1 atom stereocenters. The second kappa shape index (κ2) is 9.11. The topological polar surface area (TPSA) is 72.6 Å². The van der Waals surface area contributed by atoms with E-state index in [-0.39, 0.29) is 30.3 Å². The van der Waals surface area contributed by atoms with E-state index in [1.54, 1.807) is 4.90 Å². The molecule has 0 bridgehead atoms. The molecule has 156 valence electrons. The molecule has 2 aromatic carbocycles. The highest BCUT2D eigenvalue weighted by Gasteiger charge is 2.28. The van der Waals surface area contributed by atoms with Crippen LogP contribution in [0.3, 0.4) is 0 Å². The van der Waals surface area contributed by atoms with Crippen LogP contribution in [0.1, 0.15) is 49.5 Å². The van der Waals surface area contributed by atoms with Crippen LogP contribution in [-0.2, 0) is 14.3 Å². The number of esters is 1. The Morgan fingerprint density at radius 1 is 1.10 bits per heavy atom. The fourth-order valence-corrected chi connectivity index (χ4v) is 3.99. The van der Waals surface area contributed by atoms with Crippen molar-refractivity contribution in [2.75, 3.05) is 19.7 Å². The van der Waals surface area contributed by atoms with Gasteiger partial charge in [-0.25, -0.2) is 4.98 Å². The van der Waals surface area contributed by atoms with Crippen LogP contribution in [0.4, 0.5) is 0 Å². The van der Waals surface area contributed by atoms with Gasteiger partial charge in [-0.2, -0.15) is 0 Å². The van der Waals surface area contributed by atoms with Crippen molar-refractivity contribution in [3.63, 3.8) is 0 Å². The minimum atomic E-state index is -0.349. The summed E-state index contributed by atoms with van der Waals surface area (Å²) in [5, 5.41) is 0. The number of amides is 1. The van der Waals surface area contributed by atoms with E-state index in [0.717, 1.165) is 35.4 Å². The molecular weight excluding hydrogens is 380 g/mol. The predicted octanol–water partition coefficient (Wildman–Crippen LogP) is 4.27. The number of aromatic nitrogens is 1. The van der Waals surface area contributed by atoms with Crippen LogP contribution in [0.25, 0.3) is 11.1 Å². The number of carbonyl (C=O) groups excluding carboxylic acids is 2. The molecule has 6 nitrogen and oxygen atoms in total. The van der Waals surface area contributed by atoms with E-state index in [1.165, 1.54) is 0 Å². The number of para-hydroxylation sites is 2. The number of oxazole rings is 1. The lowest BCUT2D eigenvalue weighted by atomic mass is 9.96. The maximum Gasteiger partial charge on any atom is 0.313 e. The van der Waals surface area contributed by atoms with Gasteiger partial charge in [-0.15, -0.1) is 0 Å². The normalized spacial score (nSPS) is 15.8. The molecule has 2 heterocycles. The first-order chi connectivity index (χ1) is 14.7. The summed E-state index contributed by atoms with van der Waals surface area (Å²) in [6, 6.07) is 17.3. The van der Waals surface area contributed by atoms with Gasteiger partial charge in [0.1, 0.15) is 5.52 Å². The Labute approximate surface area is 175 Å². The minimum Gasteiger partial charge on any atom is -0.455 e. The summed E-state index contributed by atoms with van der Waals surface area (Å²) in [7, 11) is 0. The third-order valence-electron chi connectivity index (χ3n) is 5.74. The molecule has 4 rings (SSSR count). The van der Waals surface area contributed by atoms with Crippen molar-refractivity contribution in [1.82, 2.24) is 9.88 Å². The van der Waals surface area contributed by atoms with Gasteiger partial charge in [0, 0.05) is 19.0 Å². The monoisotopic (exact) mass is 406 g/mol. The number of hydrogen-bond donors (Lipinski definition) is 0. The largest absolute Gasteiger partial charge is 0.455 e. The number of rotatable bonds is 6. The lowest BCUT2D eigenvalue weighted by Crippen LogP contribution is -2.40. The molecule has 1 aliphatic heterocycles. The number of likely N-dealkylation sites (tertiary alicyclic amines) is 1. The van der Waals surface area contributed by atoms with Gasteiger partial charge < -0.3 is 14.1 Å². The van der Waals surface area contributed by atoms with E-state index in [2.05, 4.69) is 4.98 Å². The molecule has 30 heavy (non-hydrogen) atoms. The Bertz CT molecular complexity index is 973. The molecule has 1 fully saturated rings. The van der Waals surface area contributed by atoms with Crippen LogP contribution >= 0.6 is 0 Å². The number of carbonyl (C=O) groups is 2. The van der Waals surface area contributed by atoms with Gasteiger partial charge in [0.15, 0.2) is 18.1 Å². The number of piperidine rings is 1. The first-order valence-corrected chi connectivity index (χ1v) is 10.5. The molecule has 0 N–H and O–H groups in total. The Morgan fingerprint density at radius 3 is 2.50 bits per heavy atom. The quantitative estimate of drug-likeness (QED) is 0.572. The van der Waals surface area contributed by atoms with Crippen molar-refractivity contribution in [2.24, 2.45) is 0 Å². The summed E-state index contributed by atoms with van der Waals surface area (Å²) >= 11 is 0. The lowest BCUT2D eigenvalue weighted by molar-refractivity contribution is -0.153. The molecule has 1 aliphatic rings. The van der Waals surface area contributed by atoms with Gasteiger partial charge in [0.05, 0.1) is 5.92 Å². The maximum absolute atomic E-state index is 12.5. The Hall–Kier alpha value is -3.15. The van der Waals surface area contributed by atoms with Crippen molar-refractivity contribution in [1.29, 1.82) is 0 Å². The Kier molecular flexibility index (Phi) is 6.12. The first-order valence-electron chi connectivity index (χ1n) is 10.5. The van der Waals surface area contributed by atoms with E-state index in [4.69, 9.17) is 9.15 Å². The van der Waals surface area contributed by atoms with Gasteiger partial charge in [-0.3, -0.25) is 9.59 Å². The number of ether oxygens (including phenoxy) is 1. The zero-order valence-corrected chi connectivity index (χ0v) is 17.1. The third-order valence-corrected chi connectivity index (χ3v) is 5.74. The number of nitrogens with zero attached hydrogens (tertiary/aromatic N) is 2. The summed E-state index contributed by atoms with van der Waals surface area (Å²) in [5.74, 6) is 0.0968. The van der Waals surface area contributed by atoms with E-state index in [1.807, 2.05) is 61.5 Å². The molecule has 0 aliphatic carbocycles. The van der Waals surface area contributed by atoms with E-state index >= 15 is 0 Å². The maximum atomic E-state index is 12.5. The molecule has 6 heteroatoms. The van der Waals surface area contributed by atoms with E-state index < -0.39 is 0 Å². The van der Waals surface area contributed by atoms with Crippen molar-refractivity contribution in [2.45, 2.75) is 38.0 Å². The van der Waals surface area contributed by atoms with Crippen LogP contribution in [0.15, 0.2) is 59.0 Å². The Morgan fingerprint density at radius 2 is 1.80 bits per heavy atom. The van der Waals surface area contributed by atoms with Crippen molar-refractivity contribution < 1.29 is 18.7 Å². The minimum absolute atomic E-state index is 0.151. The molecule has 0 unspecified atom stereocenters. The van der Waals surface area contributed by atoms with Crippen molar-refractivity contribution in [3.8, 4) is 0 Å². The molecule has 1 aromatic heterocycles.